The fraction of sp³-hybridized carbons (Fsp3) is 0.583. The summed E-state index contributed by atoms with van der Waals surface area (Å²) in [4.78, 5) is 53.0. The number of benzene rings is 1. The summed E-state index contributed by atoms with van der Waals surface area (Å²) in [7, 11) is 0. The number of carbonyl (C=O) groups is 4. The summed E-state index contributed by atoms with van der Waals surface area (Å²) >= 11 is 0. The van der Waals surface area contributed by atoms with Crippen LogP contribution in [0.2, 0.25) is 0 Å². The molecule has 168 valence electrons. The van der Waals surface area contributed by atoms with Crippen molar-refractivity contribution in [3.8, 4) is 0 Å². The number of fused-ring (bicyclic) bond motifs is 1. The number of likely N-dealkylation sites (tertiary alicyclic amines) is 1. The molecule has 0 aromatic heterocycles. The van der Waals surface area contributed by atoms with E-state index in [4.69, 9.17) is 0 Å². The van der Waals surface area contributed by atoms with Crippen LogP contribution in [0, 0.1) is 12.8 Å². The second-order valence-electron chi connectivity index (χ2n) is 8.60. The highest BCUT2D eigenvalue weighted by Gasteiger charge is 2.35. The van der Waals surface area contributed by atoms with Crippen molar-refractivity contribution in [2.24, 2.45) is 5.92 Å². The molecule has 0 bridgehead atoms. The summed E-state index contributed by atoms with van der Waals surface area (Å²) < 4.78 is 0. The van der Waals surface area contributed by atoms with Crippen LogP contribution in [-0.4, -0.2) is 59.1 Å². The Balaban J connectivity index is 1.40. The molecule has 0 spiro atoms. The highest BCUT2D eigenvalue weighted by molar-refractivity contribution is 6.21. The van der Waals surface area contributed by atoms with E-state index in [1.807, 2.05) is 31.7 Å². The number of hydrogen-bond acceptors (Lipinski definition) is 4. The maximum absolute atomic E-state index is 12.5. The van der Waals surface area contributed by atoms with E-state index in [1.165, 1.54) is 4.90 Å². The number of nitrogens with one attached hydrogen (secondary N) is 1. The number of imide groups is 1. The third-order valence-corrected chi connectivity index (χ3v) is 6.42. The Kier molecular flexibility index (Phi) is 7.46. The number of aryl methyl sites for hydroxylation is 1. The zero-order valence-corrected chi connectivity index (χ0v) is 18.8. The molecule has 31 heavy (non-hydrogen) atoms. The van der Waals surface area contributed by atoms with E-state index in [0.717, 1.165) is 31.2 Å². The molecule has 1 fully saturated rings. The van der Waals surface area contributed by atoms with E-state index in [2.05, 4.69) is 5.32 Å². The van der Waals surface area contributed by atoms with Gasteiger partial charge in [0.15, 0.2) is 0 Å². The highest BCUT2D eigenvalue weighted by atomic mass is 16.2. The molecule has 2 aliphatic rings. The lowest BCUT2D eigenvalue weighted by Crippen LogP contribution is -2.48. The van der Waals surface area contributed by atoms with Gasteiger partial charge < -0.3 is 10.2 Å². The Labute approximate surface area is 184 Å². The highest BCUT2D eigenvalue weighted by Crippen LogP contribution is 2.24. The van der Waals surface area contributed by atoms with Gasteiger partial charge >= 0.3 is 0 Å². The smallest absolute Gasteiger partial charge is 0.261 e. The molecule has 0 aliphatic carbocycles. The van der Waals surface area contributed by atoms with Crippen LogP contribution in [0.1, 0.15) is 78.7 Å². The molecule has 2 aliphatic heterocycles. The molecule has 2 heterocycles. The molecule has 0 saturated carbocycles. The number of nitrogens with zero attached hydrogens (tertiary/aromatic N) is 2. The quantitative estimate of drug-likeness (QED) is 0.646. The first kappa shape index (κ1) is 23.0. The lowest BCUT2D eigenvalue weighted by molar-refractivity contribution is -0.137. The first-order chi connectivity index (χ1) is 14.8. The van der Waals surface area contributed by atoms with Crippen molar-refractivity contribution < 1.29 is 19.2 Å². The van der Waals surface area contributed by atoms with Crippen LogP contribution in [0.3, 0.4) is 0 Å². The minimum absolute atomic E-state index is 0.0699. The van der Waals surface area contributed by atoms with Crippen LogP contribution >= 0.6 is 0 Å². The molecule has 4 amide bonds. The molecule has 1 aromatic carbocycles. The van der Waals surface area contributed by atoms with Gasteiger partial charge in [-0.2, -0.15) is 0 Å². The molecule has 1 aromatic rings. The van der Waals surface area contributed by atoms with E-state index in [1.54, 1.807) is 12.1 Å². The predicted octanol–water partition coefficient (Wildman–Crippen LogP) is 2.91. The van der Waals surface area contributed by atoms with Gasteiger partial charge in [0.25, 0.3) is 11.8 Å². The van der Waals surface area contributed by atoms with Gasteiger partial charge in [-0.05, 0) is 51.2 Å². The van der Waals surface area contributed by atoms with Crippen molar-refractivity contribution in [2.45, 2.75) is 65.3 Å². The maximum Gasteiger partial charge on any atom is 0.261 e. The van der Waals surface area contributed by atoms with E-state index < -0.39 is 0 Å². The fourth-order valence-electron chi connectivity index (χ4n) is 4.45. The molecule has 0 radical (unpaired) electrons. The lowest BCUT2D eigenvalue weighted by Gasteiger charge is -2.34. The third kappa shape index (κ3) is 5.14. The second kappa shape index (κ2) is 10.1. The van der Waals surface area contributed by atoms with Crippen molar-refractivity contribution >= 4 is 23.6 Å². The summed E-state index contributed by atoms with van der Waals surface area (Å²) in [5.41, 5.74) is 1.83. The van der Waals surface area contributed by atoms with Crippen molar-refractivity contribution in [3.05, 3.63) is 34.9 Å². The van der Waals surface area contributed by atoms with E-state index in [9.17, 15) is 19.2 Å². The molecular weight excluding hydrogens is 394 g/mol. The van der Waals surface area contributed by atoms with Crippen molar-refractivity contribution in [2.75, 3.05) is 19.6 Å². The standard InChI is InChI=1S/C24H33N3O4/c1-4-17(5-2)22(29)26-13-10-18(11-14-26)25-21(28)7-6-12-27-23(30)19-9-8-16(3)15-20(19)24(27)31/h8-9,15,17-18H,4-7,10-14H2,1-3H3,(H,25,28). The van der Waals surface area contributed by atoms with Crippen molar-refractivity contribution in [1.82, 2.24) is 15.1 Å². The zero-order valence-electron chi connectivity index (χ0n) is 18.8. The molecule has 1 N–H and O–H groups in total. The van der Waals surface area contributed by atoms with Gasteiger partial charge in [-0.3, -0.25) is 24.1 Å². The van der Waals surface area contributed by atoms with Gasteiger partial charge in [0.05, 0.1) is 11.1 Å². The first-order valence-corrected chi connectivity index (χ1v) is 11.4. The number of amides is 4. The van der Waals surface area contributed by atoms with Crippen LogP contribution in [0.5, 0.6) is 0 Å². The summed E-state index contributed by atoms with van der Waals surface area (Å²) in [6.07, 6.45) is 3.93. The van der Waals surface area contributed by atoms with Crippen LogP contribution in [0.25, 0.3) is 0 Å². The van der Waals surface area contributed by atoms with Crippen LogP contribution < -0.4 is 5.32 Å². The lowest BCUT2D eigenvalue weighted by atomic mass is 9.98. The summed E-state index contributed by atoms with van der Waals surface area (Å²) in [6.45, 7) is 7.56. The molecule has 7 nitrogen and oxygen atoms in total. The average molecular weight is 428 g/mol. The van der Waals surface area contributed by atoms with Crippen molar-refractivity contribution in [1.29, 1.82) is 0 Å². The second-order valence-corrected chi connectivity index (χ2v) is 8.60. The van der Waals surface area contributed by atoms with Gasteiger partial charge in [-0.1, -0.05) is 25.5 Å². The first-order valence-electron chi connectivity index (χ1n) is 11.4. The van der Waals surface area contributed by atoms with Crippen LogP contribution in [-0.2, 0) is 9.59 Å². The number of piperidine rings is 1. The van der Waals surface area contributed by atoms with Gasteiger partial charge in [0.1, 0.15) is 0 Å². The topological polar surface area (TPSA) is 86.8 Å². The fourth-order valence-corrected chi connectivity index (χ4v) is 4.45. The minimum Gasteiger partial charge on any atom is -0.353 e. The van der Waals surface area contributed by atoms with Crippen LogP contribution in [0.4, 0.5) is 0 Å². The molecule has 1 saturated heterocycles. The molecule has 3 rings (SSSR count). The Morgan fingerprint density at radius 2 is 1.71 bits per heavy atom. The Morgan fingerprint density at radius 3 is 2.35 bits per heavy atom. The predicted molar refractivity (Wildman–Crippen MR) is 118 cm³/mol. The van der Waals surface area contributed by atoms with Gasteiger partial charge in [0.2, 0.25) is 11.8 Å². The molecular formula is C24H33N3O4. The van der Waals surface area contributed by atoms with E-state index >= 15 is 0 Å². The zero-order chi connectivity index (χ0) is 22.5. The summed E-state index contributed by atoms with van der Waals surface area (Å²) in [6, 6.07) is 5.32. The Morgan fingerprint density at radius 1 is 1.06 bits per heavy atom. The van der Waals surface area contributed by atoms with E-state index in [-0.39, 0.29) is 48.6 Å². The largest absolute Gasteiger partial charge is 0.353 e. The summed E-state index contributed by atoms with van der Waals surface area (Å²) in [5, 5.41) is 3.04. The normalized spacial score (nSPS) is 16.8. The molecule has 0 unspecified atom stereocenters. The van der Waals surface area contributed by atoms with E-state index in [0.29, 0.717) is 30.6 Å². The maximum atomic E-state index is 12.5. The SMILES string of the molecule is CCC(CC)C(=O)N1CCC(NC(=O)CCCN2C(=O)c3ccc(C)cc3C2=O)CC1. The average Bonchev–Trinajstić information content (AvgIpc) is 2.99. The molecule has 0 atom stereocenters. The van der Waals surface area contributed by atoms with Crippen LogP contribution in [0.15, 0.2) is 18.2 Å². The molecule has 7 heteroatoms. The monoisotopic (exact) mass is 427 g/mol. The Hall–Kier alpha value is -2.70. The number of hydrogen-bond donors (Lipinski definition) is 1. The number of carbonyl (C=O) groups excluding carboxylic acids is 4. The van der Waals surface area contributed by atoms with Gasteiger partial charge in [-0.25, -0.2) is 0 Å². The van der Waals surface area contributed by atoms with Gasteiger partial charge in [-0.15, -0.1) is 0 Å². The Bertz CT molecular complexity index is 854. The number of rotatable bonds is 8. The minimum atomic E-state index is -0.282. The van der Waals surface area contributed by atoms with Crippen molar-refractivity contribution in [3.63, 3.8) is 0 Å². The summed E-state index contributed by atoms with van der Waals surface area (Å²) in [5.74, 6) is -0.311. The third-order valence-electron chi connectivity index (χ3n) is 6.42. The van der Waals surface area contributed by atoms with Gasteiger partial charge in [0, 0.05) is 38.0 Å².